The van der Waals surface area contributed by atoms with Crippen LogP contribution < -0.4 is 15.1 Å². The number of anilines is 3. The SMILES string of the molecule is CNc1nc(N2CCCC2)nc(N2CCCC(C)C2C)n1. The Morgan fingerprint density at radius 2 is 1.67 bits per heavy atom. The van der Waals surface area contributed by atoms with E-state index in [4.69, 9.17) is 4.98 Å². The molecule has 0 aromatic carbocycles. The van der Waals surface area contributed by atoms with Crippen molar-refractivity contribution >= 4 is 17.8 Å². The highest BCUT2D eigenvalue weighted by Gasteiger charge is 2.28. The molecule has 2 unspecified atom stereocenters. The number of hydrogen-bond donors (Lipinski definition) is 1. The third kappa shape index (κ3) is 2.89. The molecule has 21 heavy (non-hydrogen) atoms. The van der Waals surface area contributed by atoms with Crippen LogP contribution in [0.2, 0.25) is 0 Å². The van der Waals surface area contributed by atoms with E-state index in [1.165, 1.54) is 25.7 Å². The maximum Gasteiger partial charge on any atom is 0.232 e. The van der Waals surface area contributed by atoms with Crippen LogP contribution in [0.3, 0.4) is 0 Å². The molecule has 6 heteroatoms. The lowest BCUT2D eigenvalue weighted by atomic mass is 9.92. The van der Waals surface area contributed by atoms with Gasteiger partial charge in [-0.2, -0.15) is 15.0 Å². The van der Waals surface area contributed by atoms with E-state index in [0.717, 1.165) is 31.5 Å². The molecule has 0 bridgehead atoms. The normalized spacial score (nSPS) is 26.2. The minimum atomic E-state index is 0.484. The van der Waals surface area contributed by atoms with Crippen LogP contribution in [0, 0.1) is 5.92 Å². The summed E-state index contributed by atoms with van der Waals surface area (Å²) in [6.07, 6.45) is 4.96. The Labute approximate surface area is 127 Å². The van der Waals surface area contributed by atoms with Crippen LogP contribution in [-0.4, -0.2) is 47.7 Å². The molecule has 0 amide bonds. The van der Waals surface area contributed by atoms with Gasteiger partial charge in [0.2, 0.25) is 17.8 Å². The van der Waals surface area contributed by atoms with Gasteiger partial charge in [0.1, 0.15) is 0 Å². The largest absolute Gasteiger partial charge is 0.357 e. The van der Waals surface area contributed by atoms with Gasteiger partial charge in [-0.3, -0.25) is 0 Å². The summed E-state index contributed by atoms with van der Waals surface area (Å²) in [6.45, 7) is 7.75. The molecule has 0 aliphatic carbocycles. The van der Waals surface area contributed by atoms with Gasteiger partial charge in [0.25, 0.3) is 0 Å². The fourth-order valence-corrected chi connectivity index (χ4v) is 3.27. The van der Waals surface area contributed by atoms with Crippen molar-refractivity contribution in [2.75, 3.05) is 41.8 Å². The highest BCUT2D eigenvalue weighted by molar-refractivity contribution is 5.46. The topological polar surface area (TPSA) is 57.2 Å². The highest BCUT2D eigenvalue weighted by Crippen LogP contribution is 2.28. The van der Waals surface area contributed by atoms with Crippen molar-refractivity contribution in [1.82, 2.24) is 15.0 Å². The Kier molecular flexibility index (Phi) is 4.12. The molecule has 2 aliphatic heterocycles. The molecule has 3 heterocycles. The van der Waals surface area contributed by atoms with Crippen LogP contribution >= 0.6 is 0 Å². The number of aromatic nitrogens is 3. The molecule has 3 rings (SSSR count). The van der Waals surface area contributed by atoms with Gasteiger partial charge in [-0.05, 0) is 38.5 Å². The van der Waals surface area contributed by atoms with Gasteiger partial charge in [-0.25, -0.2) is 0 Å². The van der Waals surface area contributed by atoms with E-state index in [9.17, 15) is 0 Å². The minimum absolute atomic E-state index is 0.484. The molecule has 0 radical (unpaired) electrons. The zero-order chi connectivity index (χ0) is 14.8. The molecule has 1 N–H and O–H groups in total. The molecule has 0 spiro atoms. The van der Waals surface area contributed by atoms with Crippen LogP contribution in [0.1, 0.15) is 39.5 Å². The van der Waals surface area contributed by atoms with Crippen LogP contribution in [0.4, 0.5) is 17.8 Å². The predicted molar refractivity (Wildman–Crippen MR) is 86.0 cm³/mol. The summed E-state index contributed by atoms with van der Waals surface area (Å²) in [5.41, 5.74) is 0. The first-order valence-corrected chi connectivity index (χ1v) is 8.14. The third-order valence-electron chi connectivity index (χ3n) is 4.85. The quantitative estimate of drug-likeness (QED) is 0.920. The summed E-state index contributed by atoms with van der Waals surface area (Å²) in [5, 5.41) is 3.08. The first-order chi connectivity index (χ1) is 10.2. The van der Waals surface area contributed by atoms with E-state index < -0.39 is 0 Å². The lowest BCUT2D eigenvalue weighted by Gasteiger charge is -2.38. The van der Waals surface area contributed by atoms with E-state index in [2.05, 4.69) is 38.9 Å². The van der Waals surface area contributed by atoms with Gasteiger partial charge in [0, 0.05) is 32.7 Å². The predicted octanol–water partition coefficient (Wildman–Crippen LogP) is 2.14. The summed E-state index contributed by atoms with van der Waals surface area (Å²) in [6, 6.07) is 0.484. The fourth-order valence-electron chi connectivity index (χ4n) is 3.27. The van der Waals surface area contributed by atoms with Gasteiger partial charge >= 0.3 is 0 Å². The number of piperidine rings is 1. The van der Waals surface area contributed by atoms with Crippen molar-refractivity contribution in [2.24, 2.45) is 5.92 Å². The van der Waals surface area contributed by atoms with Crippen LogP contribution in [-0.2, 0) is 0 Å². The molecular formula is C15H26N6. The second-order valence-electron chi connectivity index (χ2n) is 6.26. The smallest absolute Gasteiger partial charge is 0.232 e. The van der Waals surface area contributed by atoms with Crippen molar-refractivity contribution in [3.05, 3.63) is 0 Å². The molecule has 2 atom stereocenters. The third-order valence-corrected chi connectivity index (χ3v) is 4.85. The Morgan fingerprint density at radius 3 is 2.38 bits per heavy atom. The van der Waals surface area contributed by atoms with Crippen molar-refractivity contribution in [1.29, 1.82) is 0 Å². The van der Waals surface area contributed by atoms with E-state index in [1.54, 1.807) is 0 Å². The summed E-state index contributed by atoms with van der Waals surface area (Å²) in [4.78, 5) is 18.5. The monoisotopic (exact) mass is 290 g/mol. The first-order valence-electron chi connectivity index (χ1n) is 8.14. The molecule has 0 saturated carbocycles. The Bertz CT molecular complexity index is 485. The van der Waals surface area contributed by atoms with Gasteiger partial charge in [0.15, 0.2) is 0 Å². The highest BCUT2D eigenvalue weighted by atomic mass is 15.4. The number of rotatable bonds is 3. The average Bonchev–Trinajstić information content (AvgIpc) is 3.04. The summed E-state index contributed by atoms with van der Waals surface area (Å²) < 4.78 is 0. The van der Waals surface area contributed by atoms with E-state index in [1.807, 2.05) is 7.05 Å². The van der Waals surface area contributed by atoms with Crippen molar-refractivity contribution < 1.29 is 0 Å². The van der Waals surface area contributed by atoms with Crippen molar-refractivity contribution in [2.45, 2.75) is 45.6 Å². The van der Waals surface area contributed by atoms with Crippen molar-refractivity contribution in [3.63, 3.8) is 0 Å². The van der Waals surface area contributed by atoms with Gasteiger partial charge in [0.05, 0.1) is 0 Å². The Balaban J connectivity index is 1.91. The van der Waals surface area contributed by atoms with Crippen LogP contribution in [0.5, 0.6) is 0 Å². The molecule has 6 nitrogen and oxygen atoms in total. The van der Waals surface area contributed by atoms with Crippen LogP contribution in [0.15, 0.2) is 0 Å². The molecule has 116 valence electrons. The molecule has 2 aliphatic rings. The van der Waals surface area contributed by atoms with E-state index >= 15 is 0 Å². The van der Waals surface area contributed by atoms with E-state index in [-0.39, 0.29) is 0 Å². The molecular weight excluding hydrogens is 264 g/mol. The standard InChI is InChI=1S/C15H26N6/c1-11-7-6-10-21(12(11)2)15-18-13(16-3)17-14(19-15)20-8-4-5-9-20/h11-12H,4-10H2,1-3H3,(H,16,17,18,19). The minimum Gasteiger partial charge on any atom is -0.357 e. The Hall–Kier alpha value is -1.59. The van der Waals surface area contributed by atoms with Crippen LogP contribution in [0.25, 0.3) is 0 Å². The summed E-state index contributed by atoms with van der Waals surface area (Å²) in [7, 11) is 1.87. The number of hydrogen-bond acceptors (Lipinski definition) is 6. The van der Waals surface area contributed by atoms with Gasteiger partial charge in [-0.1, -0.05) is 6.92 Å². The fraction of sp³-hybridized carbons (Fsp3) is 0.800. The molecule has 1 aromatic rings. The lowest BCUT2D eigenvalue weighted by Crippen LogP contribution is -2.43. The second kappa shape index (κ2) is 6.03. The second-order valence-corrected chi connectivity index (χ2v) is 6.26. The summed E-state index contributed by atoms with van der Waals surface area (Å²) in [5.74, 6) is 3.01. The maximum absolute atomic E-state index is 4.76. The zero-order valence-corrected chi connectivity index (χ0v) is 13.3. The Morgan fingerprint density at radius 1 is 0.952 bits per heavy atom. The summed E-state index contributed by atoms with van der Waals surface area (Å²) >= 11 is 0. The average molecular weight is 290 g/mol. The zero-order valence-electron chi connectivity index (χ0n) is 13.3. The molecule has 2 fully saturated rings. The van der Waals surface area contributed by atoms with Gasteiger partial charge < -0.3 is 15.1 Å². The first kappa shape index (κ1) is 14.4. The molecule has 2 saturated heterocycles. The molecule has 1 aromatic heterocycles. The number of nitrogens with one attached hydrogen (secondary N) is 1. The van der Waals surface area contributed by atoms with Gasteiger partial charge in [-0.15, -0.1) is 0 Å². The number of nitrogens with zero attached hydrogens (tertiary/aromatic N) is 5. The maximum atomic E-state index is 4.76. The van der Waals surface area contributed by atoms with E-state index in [0.29, 0.717) is 17.9 Å². The van der Waals surface area contributed by atoms with Crippen molar-refractivity contribution in [3.8, 4) is 0 Å². The lowest BCUT2D eigenvalue weighted by molar-refractivity contribution is 0.359.